The van der Waals surface area contributed by atoms with Gasteiger partial charge in [0.15, 0.2) is 0 Å². The first-order valence-corrected chi connectivity index (χ1v) is 9.51. The van der Waals surface area contributed by atoms with E-state index in [0.717, 1.165) is 0 Å². The number of carbonyl (C=O) groups is 2. The molecule has 0 aliphatic carbocycles. The number of ether oxygens (including phenoxy) is 2. The molecule has 1 N–H and O–H groups in total. The van der Waals surface area contributed by atoms with E-state index in [4.69, 9.17) is 4.74 Å². The lowest BCUT2D eigenvalue weighted by molar-refractivity contribution is -0.141. The predicted molar refractivity (Wildman–Crippen MR) is 93.2 cm³/mol. The highest BCUT2D eigenvalue weighted by molar-refractivity contribution is 7.89. The fraction of sp³-hybridized carbons (Fsp3) is 0.500. The third kappa shape index (κ3) is 5.16. The third-order valence-electron chi connectivity index (χ3n) is 4.05. The number of amides is 1. The van der Waals surface area contributed by atoms with Crippen molar-refractivity contribution in [3.63, 3.8) is 0 Å². The molecular formula is C16H23N3O6S. The molecule has 1 heterocycles. The summed E-state index contributed by atoms with van der Waals surface area (Å²) in [7, 11) is -0.809. The predicted octanol–water partition coefficient (Wildman–Crippen LogP) is -0.709. The average Bonchev–Trinajstić information content (AvgIpc) is 2.66. The van der Waals surface area contributed by atoms with E-state index in [9.17, 15) is 18.0 Å². The van der Waals surface area contributed by atoms with Crippen LogP contribution in [0.15, 0.2) is 29.2 Å². The van der Waals surface area contributed by atoms with Crippen molar-refractivity contribution in [2.75, 3.05) is 53.5 Å². The van der Waals surface area contributed by atoms with E-state index in [2.05, 4.69) is 10.1 Å². The average molecular weight is 385 g/mol. The van der Waals surface area contributed by atoms with Crippen LogP contribution in [0.1, 0.15) is 0 Å². The Kier molecular flexibility index (Phi) is 6.95. The largest absolute Gasteiger partial charge is 0.497 e. The van der Waals surface area contributed by atoms with Gasteiger partial charge in [0.1, 0.15) is 12.3 Å². The van der Waals surface area contributed by atoms with Crippen LogP contribution in [-0.2, 0) is 24.3 Å². The summed E-state index contributed by atoms with van der Waals surface area (Å²) in [5.41, 5.74) is 0. The number of methoxy groups -OCH3 is 2. The summed E-state index contributed by atoms with van der Waals surface area (Å²) in [6.45, 7) is 1.37. The Hall–Kier alpha value is -2.17. The van der Waals surface area contributed by atoms with Crippen molar-refractivity contribution in [3.8, 4) is 5.75 Å². The number of rotatable bonds is 7. The molecule has 1 saturated heterocycles. The maximum atomic E-state index is 12.7. The molecule has 0 aromatic heterocycles. The lowest BCUT2D eigenvalue weighted by atomic mass is 10.3. The Balaban J connectivity index is 1.86. The first kappa shape index (κ1) is 20.1. The van der Waals surface area contributed by atoms with E-state index in [1.807, 2.05) is 4.90 Å². The molecule has 1 aliphatic rings. The van der Waals surface area contributed by atoms with Gasteiger partial charge in [-0.2, -0.15) is 4.31 Å². The van der Waals surface area contributed by atoms with Gasteiger partial charge in [-0.15, -0.1) is 0 Å². The fourth-order valence-electron chi connectivity index (χ4n) is 2.53. The minimum Gasteiger partial charge on any atom is -0.497 e. The van der Waals surface area contributed by atoms with Crippen molar-refractivity contribution < 1.29 is 27.5 Å². The molecule has 0 spiro atoms. The molecule has 0 unspecified atom stereocenters. The monoisotopic (exact) mass is 385 g/mol. The second kappa shape index (κ2) is 8.97. The molecule has 144 valence electrons. The van der Waals surface area contributed by atoms with Crippen molar-refractivity contribution >= 4 is 21.9 Å². The standard InChI is InChI=1S/C16H23N3O6S/c1-24-13-3-5-14(6-4-13)26(22,23)19-9-7-18(8-10-19)12-15(20)17-11-16(21)25-2/h3-6H,7-12H2,1-2H3,(H,17,20). The Morgan fingerprint density at radius 1 is 1.08 bits per heavy atom. The van der Waals surface area contributed by atoms with Crippen LogP contribution in [0.2, 0.25) is 0 Å². The second-order valence-corrected chi connectivity index (χ2v) is 7.65. The van der Waals surface area contributed by atoms with Gasteiger partial charge in [-0.05, 0) is 24.3 Å². The quantitative estimate of drug-likeness (QED) is 0.618. The highest BCUT2D eigenvalue weighted by Gasteiger charge is 2.29. The Bertz CT molecular complexity index is 727. The molecule has 0 radical (unpaired) electrons. The molecule has 0 saturated carbocycles. The zero-order chi connectivity index (χ0) is 19.2. The summed E-state index contributed by atoms with van der Waals surface area (Å²) in [5.74, 6) is -0.234. The molecular weight excluding hydrogens is 362 g/mol. The number of esters is 1. The van der Waals surface area contributed by atoms with E-state index in [1.54, 1.807) is 12.1 Å². The van der Waals surface area contributed by atoms with Gasteiger partial charge in [0.2, 0.25) is 15.9 Å². The second-order valence-electron chi connectivity index (χ2n) is 5.71. The summed E-state index contributed by atoms with van der Waals surface area (Å²) >= 11 is 0. The van der Waals surface area contributed by atoms with Gasteiger partial charge in [-0.3, -0.25) is 14.5 Å². The minimum absolute atomic E-state index is 0.105. The van der Waals surface area contributed by atoms with E-state index in [-0.39, 0.29) is 23.9 Å². The Labute approximate surface area is 152 Å². The highest BCUT2D eigenvalue weighted by Crippen LogP contribution is 2.20. The van der Waals surface area contributed by atoms with Gasteiger partial charge in [0.25, 0.3) is 0 Å². The van der Waals surface area contributed by atoms with Crippen molar-refractivity contribution in [3.05, 3.63) is 24.3 Å². The first-order valence-electron chi connectivity index (χ1n) is 8.07. The van der Waals surface area contributed by atoms with Crippen LogP contribution < -0.4 is 10.1 Å². The fourth-order valence-corrected chi connectivity index (χ4v) is 3.95. The summed E-state index contributed by atoms with van der Waals surface area (Å²) < 4.78 is 36.2. The van der Waals surface area contributed by atoms with Crippen molar-refractivity contribution in [2.24, 2.45) is 0 Å². The van der Waals surface area contributed by atoms with Crippen LogP contribution in [-0.4, -0.2) is 83.0 Å². The van der Waals surface area contributed by atoms with Crippen LogP contribution in [0.25, 0.3) is 0 Å². The van der Waals surface area contributed by atoms with Gasteiger partial charge < -0.3 is 14.8 Å². The summed E-state index contributed by atoms with van der Waals surface area (Å²) in [6.07, 6.45) is 0. The van der Waals surface area contributed by atoms with Crippen molar-refractivity contribution in [1.82, 2.24) is 14.5 Å². The number of nitrogens with zero attached hydrogens (tertiary/aromatic N) is 2. The maximum Gasteiger partial charge on any atom is 0.325 e. The van der Waals surface area contributed by atoms with E-state index in [1.165, 1.54) is 30.7 Å². The van der Waals surface area contributed by atoms with E-state index >= 15 is 0 Å². The topological polar surface area (TPSA) is 105 Å². The summed E-state index contributed by atoms with van der Waals surface area (Å²) in [5, 5.41) is 2.46. The molecule has 2 rings (SSSR count). The SMILES string of the molecule is COC(=O)CNC(=O)CN1CCN(S(=O)(=O)c2ccc(OC)cc2)CC1. The third-order valence-corrected chi connectivity index (χ3v) is 5.97. The first-order chi connectivity index (χ1) is 12.4. The van der Waals surface area contributed by atoms with Gasteiger partial charge in [-0.1, -0.05) is 0 Å². The molecule has 9 nitrogen and oxygen atoms in total. The van der Waals surface area contributed by atoms with Gasteiger partial charge in [0.05, 0.1) is 25.7 Å². The molecule has 1 amide bonds. The van der Waals surface area contributed by atoms with Crippen molar-refractivity contribution in [1.29, 1.82) is 0 Å². The number of carbonyl (C=O) groups excluding carboxylic acids is 2. The smallest absolute Gasteiger partial charge is 0.325 e. The number of benzene rings is 1. The molecule has 0 atom stereocenters. The Morgan fingerprint density at radius 3 is 2.23 bits per heavy atom. The summed E-state index contributed by atoms with van der Waals surface area (Å²) in [6, 6.07) is 6.24. The molecule has 1 fully saturated rings. The number of hydrogen-bond donors (Lipinski definition) is 1. The zero-order valence-electron chi connectivity index (χ0n) is 14.8. The number of nitrogens with one attached hydrogen (secondary N) is 1. The molecule has 0 bridgehead atoms. The van der Waals surface area contributed by atoms with Crippen LogP contribution >= 0.6 is 0 Å². The van der Waals surface area contributed by atoms with Gasteiger partial charge in [0, 0.05) is 26.2 Å². The lowest BCUT2D eigenvalue weighted by Crippen LogP contribution is -2.51. The normalized spacial score (nSPS) is 16.1. The number of hydrogen-bond acceptors (Lipinski definition) is 7. The maximum absolute atomic E-state index is 12.7. The van der Waals surface area contributed by atoms with E-state index < -0.39 is 16.0 Å². The van der Waals surface area contributed by atoms with Crippen LogP contribution in [0.4, 0.5) is 0 Å². The minimum atomic E-state index is -3.57. The van der Waals surface area contributed by atoms with Crippen LogP contribution in [0, 0.1) is 0 Å². The molecule has 10 heteroatoms. The molecule has 1 aromatic carbocycles. The molecule has 26 heavy (non-hydrogen) atoms. The van der Waals surface area contributed by atoms with Gasteiger partial charge in [-0.25, -0.2) is 8.42 Å². The van der Waals surface area contributed by atoms with Crippen molar-refractivity contribution in [2.45, 2.75) is 4.90 Å². The molecule has 1 aliphatic heterocycles. The zero-order valence-corrected chi connectivity index (χ0v) is 15.6. The Morgan fingerprint density at radius 2 is 1.69 bits per heavy atom. The van der Waals surface area contributed by atoms with Crippen LogP contribution in [0.3, 0.4) is 0 Å². The van der Waals surface area contributed by atoms with Crippen LogP contribution in [0.5, 0.6) is 5.75 Å². The summed E-state index contributed by atoms with van der Waals surface area (Å²) in [4.78, 5) is 24.8. The number of piperazine rings is 1. The lowest BCUT2D eigenvalue weighted by Gasteiger charge is -2.33. The number of sulfonamides is 1. The van der Waals surface area contributed by atoms with E-state index in [0.29, 0.717) is 31.9 Å². The van der Waals surface area contributed by atoms with Gasteiger partial charge >= 0.3 is 5.97 Å². The highest BCUT2D eigenvalue weighted by atomic mass is 32.2. The molecule has 1 aromatic rings.